The van der Waals surface area contributed by atoms with Gasteiger partial charge in [-0.25, -0.2) is 0 Å². The number of carbonyl (C=O) groups excluding carboxylic acids is 1. The molecule has 2 atom stereocenters. The minimum absolute atomic E-state index is 0.139. The van der Waals surface area contributed by atoms with Crippen LogP contribution in [0.15, 0.2) is 24.3 Å². The first-order valence-corrected chi connectivity index (χ1v) is 7.75. The summed E-state index contributed by atoms with van der Waals surface area (Å²) in [6.45, 7) is 6.28. The molecule has 2 N–H and O–H groups in total. The highest BCUT2D eigenvalue weighted by Gasteiger charge is 2.19. The van der Waals surface area contributed by atoms with Gasteiger partial charge in [-0.1, -0.05) is 36.8 Å². The number of rotatable bonds is 5. The van der Waals surface area contributed by atoms with E-state index in [2.05, 4.69) is 48.7 Å². The molecule has 0 saturated carbocycles. The van der Waals surface area contributed by atoms with Crippen LogP contribution in [0, 0.1) is 12.8 Å². The molecule has 1 amide bonds. The van der Waals surface area contributed by atoms with Crippen LogP contribution in [-0.4, -0.2) is 19.0 Å². The van der Waals surface area contributed by atoms with E-state index in [-0.39, 0.29) is 11.9 Å². The van der Waals surface area contributed by atoms with Gasteiger partial charge < -0.3 is 10.6 Å². The number of hydrogen-bond donors (Lipinski definition) is 2. The molecule has 20 heavy (non-hydrogen) atoms. The number of hydrogen-bond acceptors (Lipinski definition) is 2. The van der Waals surface area contributed by atoms with Gasteiger partial charge in [-0.05, 0) is 50.8 Å². The van der Waals surface area contributed by atoms with E-state index in [0.717, 1.165) is 19.5 Å². The number of amides is 1. The van der Waals surface area contributed by atoms with Crippen molar-refractivity contribution < 1.29 is 4.79 Å². The zero-order valence-corrected chi connectivity index (χ0v) is 12.6. The molecule has 0 bridgehead atoms. The predicted octanol–water partition coefficient (Wildman–Crippen LogP) is 2.95. The van der Waals surface area contributed by atoms with Gasteiger partial charge in [0.25, 0.3) is 0 Å². The molecular weight excluding hydrogens is 248 g/mol. The van der Waals surface area contributed by atoms with E-state index in [1.165, 1.54) is 24.0 Å². The summed E-state index contributed by atoms with van der Waals surface area (Å²) in [7, 11) is 0. The zero-order chi connectivity index (χ0) is 14.4. The van der Waals surface area contributed by atoms with E-state index < -0.39 is 0 Å². The Kier molecular flexibility index (Phi) is 5.60. The molecule has 110 valence electrons. The molecule has 0 spiro atoms. The van der Waals surface area contributed by atoms with Crippen molar-refractivity contribution in [3.05, 3.63) is 35.4 Å². The molecule has 3 heteroatoms. The van der Waals surface area contributed by atoms with E-state index in [0.29, 0.717) is 12.3 Å². The third-order valence-electron chi connectivity index (χ3n) is 4.10. The summed E-state index contributed by atoms with van der Waals surface area (Å²) in [6.07, 6.45) is 3.93. The Balaban J connectivity index is 1.88. The van der Waals surface area contributed by atoms with Gasteiger partial charge in [0, 0.05) is 6.42 Å². The van der Waals surface area contributed by atoms with Crippen LogP contribution in [0.1, 0.15) is 49.8 Å². The first-order chi connectivity index (χ1) is 9.69. The smallest absolute Gasteiger partial charge is 0.220 e. The number of nitrogens with one attached hydrogen (secondary N) is 2. The number of carbonyl (C=O) groups is 1. The molecule has 1 aromatic carbocycles. The summed E-state index contributed by atoms with van der Waals surface area (Å²) in [5, 5.41) is 6.55. The number of benzene rings is 1. The zero-order valence-electron chi connectivity index (χ0n) is 12.6. The van der Waals surface area contributed by atoms with Gasteiger partial charge in [-0.3, -0.25) is 4.79 Å². The Morgan fingerprint density at radius 2 is 2.15 bits per heavy atom. The van der Waals surface area contributed by atoms with Crippen molar-refractivity contribution in [2.75, 3.05) is 13.1 Å². The van der Waals surface area contributed by atoms with Crippen molar-refractivity contribution in [3.63, 3.8) is 0 Å². The lowest BCUT2D eigenvalue weighted by Gasteiger charge is -2.24. The lowest BCUT2D eigenvalue weighted by molar-refractivity contribution is -0.122. The summed E-state index contributed by atoms with van der Waals surface area (Å²) < 4.78 is 0. The molecule has 1 fully saturated rings. The highest BCUT2D eigenvalue weighted by atomic mass is 16.1. The average Bonchev–Trinajstić information content (AvgIpc) is 2.47. The van der Waals surface area contributed by atoms with Gasteiger partial charge in [0.15, 0.2) is 0 Å². The Hall–Kier alpha value is -1.35. The third kappa shape index (κ3) is 4.34. The van der Waals surface area contributed by atoms with Crippen molar-refractivity contribution in [3.8, 4) is 0 Å². The largest absolute Gasteiger partial charge is 0.349 e. The minimum Gasteiger partial charge on any atom is -0.349 e. The van der Waals surface area contributed by atoms with Gasteiger partial charge in [0.2, 0.25) is 5.91 Å². The van der Waals surface area contributed by atoms with Gasteiger partial charge in [-0.2, -0.15) is 0 Å². The maximum absolute atomic E-state index is 12.2. The third-order valence-corrected chi connectivity index (χ3v) is 4.10. The van der Waals surface area contributed by atoms with Gasteiger partial charge >= 0.3 is 0 Å². The van der Waals surface area contributed by atoms with Crippen molar-refractivity contribution in [2.45, 2.75) is 45.6 Å². The summed E-state index contributed by atoms with van der Waals surface area (Å²) in [4.78, 5) is 12.2. The van der Waals surface area contributed by atoms with E-state index in [1.807, 2.05) is 0 Å². The topological polar surface area (TPSA) is 41.1 Å². The molecule has 3 nitrogen and oxygen atoms in total. The maximum Gasteiger partial charge on any atom is 0.220 e. The lowest BCUT2D eigenvalue weighted by atomic mass is 9.95. The Bertz CT molecular complexity index is 421. The quantitative estimate of drug-likeness (QED) is 0.866. The SMILES string of the molecule is CCC(NC(=O)CC1CCCNC1)c1ccc(C)cc1. The first kappa shape index (κ1) is 15.0. The summed E-state index contributed by atoms with van der Waals surface area (Å²) in [6, 6.07) is 8.59. The van der Waals surface area contributed by atoms with Crippen LogP contribution in [0.3, 0.4) is 0 Å². The van der Waals surface area contributed by atoms with E-state index in [1.54, 1.807) is 0 Å². The van der Waals surface area contributed by atoms with Crippen molar-refractivity contribution in [2.24, 2.45) is 5.92 Å². The summed E-state index contributed by atoms with van der Waals surface area (Å²) in [5.74, 6) is 0.686. The summed E-state index contributed by atoms with van der Waals surface area (Å²) in [5.41, 5.74) is 2.46. The highest BCUT2D eigenvalue weighted by molar-refractivity contribution is 5.76. The Morgan fingerprint density at radius 1 is 1.40 bits per heavy atom. The van der Waals surface area contributed by atoms with E-state index in [9.17, 15) is 4.79 Å². The second kappa shape index (κ2) is 7.44. The van der Waals surface area contributed by atoms with Crippen LogP contribution in [0.2, 0.25) is 0 Å². The van der Waals surface area contributed by atoms with E-state index >= 15 is 0 Å². The molecular formula is C17H26N2O. The molecule has 1 saturated heterocycles. The molecule has 1 aromatic rings. The lowest BCUT2D eigenvalue weighted by Crippen LogP contribution is -2.35. The van der Waals surface area contributed by atoms with Gasteiger partial charge in [0.1, 0.15) is 0 Å². The fourth-order valence-corrected chi connectivity index (χ4v) is 2.83. The normalized spacial score (nSPS) is 20.4. The Morgan fingerprint density at radius 3 is 2.75 bits per heavy atom. The average molecular weight is 274 g/mol. The van der Waals surface area contributed by atoms with Crippen LogP contribution < -0.4 is 10.6 Å². The van der Waals surface area contributed by atoms with Crippen LogP contribution >= 0.6 is 0 Å². The second-order valence-electron chi connectivity index (χ2n) is 5.86. The van der Waals surface area contributed by atoms with Crippen LogP contribution in [0.5, 0.6) is 0 Å². The Labute approximate surface area is 122 Å². The molecule has 0 radical (unpaired) electrons. The molecule has 0 aromatic heterocycles. The molecule has 1 aliphatic rings. The second-order valence-corrected chi connectivity index (χ2v) is 5.86. The fraction of sp³-hybridized carbons (Fsp3) is 0.588. The fourth-order valence-electron chi connectivity index (χ4n) is 2.83. The van der Waals surface area contributed by atoms with Gasteiger partial charge in [-0.15, -0.1) is 0 Å². The highest BCUT2D eigenvalue weighted by Crippen LogP contribution is 2.19. The molecule has 2 rings (SSSR count). The monoisotopic (exact) mass is 274 g/mol. The standard InChI is InChI=1S/C17H26N2O/c1-3-16(15-8-6-13(2)7-9-15)19-17(20)11-14-5-4-10-18-12-14/h6-9,14,16,18H,3-5,10-12H2,1-2H3,(H,19,20). The van der Waals surface area contributed by atoms with Crippen molar-refractivity contribution in [1.29, 1.82) is 0 Å². The van der Waals surface area contributed by atoms with Crippen LogP contribution in [0.4, 0.5) is 0 Å². The minimum atomic E-state index is 0.139. The van der Waals surface area contributed by atoms with Crippen LogP contribution in [-0.2, 0) is 4.79 Å². The maximum atomic E-state index is 12.2. The summed E-state index contributed by atoms with van der Waals surface area (Å²) >= 11 is 0. The van der Waals surface area contributed by atoms with Crippen molar-refractivity contribution in [1.82, 2.24) is 10.6 Å². The predicted molar refractivity (Wildman–Crippen MR) is 82.6 cm³/mol. The number of aryl methyl sites for hydroxylation is 1. The van der Waals surface area contributed by atoms with Gasteiger partial charge in [0.05, 0.1) is 6.04 Å². The molecule has 2 unspecified atom stereocenters. The molecule has 0 aliphatic carbocycles. The first-order valence-electron chi connectivity index (χ1n) is 7.75. The molecule has 1 aliphatic heterocycles. The van der Waals surface area contributed by atoms with E-state index in [4.69, 9.17) is 0 Å². The molecule has 1 heterocycles. The van der Waals surface area contributed by atoms with Crippen LogP contribution in [0.25, 0.3) is 0 Å². The van der Waals surface area contributed by atoms with Crippen molar-refractivity contribution >= 4 is 5.91 Å². The number of piperidine rings is 1.